The second kappa shape index (κ2) is 3.63. The van der Waals surface area contributed by atoms with Gasteiger partial charge in [-0.25, -0.2) is 4.79 Å². The maximum absolute atomic E-state index is 12.4. The molecule has 1 amide bonds. The summed E-state index contributed by atoms with van der Waals surface area (Å²) >= 11 is 0. The van der Waals surface area contributed by atoms with Gasteiger partial charge in [-0.2, -0.15) is 0 Å². The molecular formula is C14H25NO2. The van der Waals surface area contributed by atoms with Gasteiger partial charge in [0.1, 0.15) is 5.60 Å². The number of carbonyl (C=O) groups excluding carboxylic acids is 1. The summed E-state index contributed by atoms with van der Waals surface area (Å²) in [4.78, 5) is 14.4. The van der Waals surface area contributed by atoms with Crippen LogP contribution < -0.4 is 0 Å². The minimum absolute atomic E-state index is 0.0231. The quantitative estimate of drug-likeness (QED) is 0.645. The summed E-state index contributed by atoms with van der Waals surface area (Å²) in [6.07, 6.45) is 5.56. The maximum Gasteiger partial charge on any atom is 0.411 e. The van der Waals surface area contributed by atoms with Crippen molar-refractivity contribution in [3.8, 4) is 0 Å². The lowest BCUT2D eigenvalue weighted by Gasteiger charge is -2.48. The van der Waals surface area contributed by atoms with Crippen LogP contribution in [0.1, 0.15) is 66.7 Å². The number of nitrogens with zero attached hydrogens (tertiary/aromatic N) is 1. The fraction of sp³-hybridized carbons (Fsp3) is 0.929. The fourth-order valence-electron chi connectivity index (χ4n) is 3.49. The van der Waals surface area contributed by atoms with Gasteiger partial charge in [-0.1, -0.05) is 0 Å². The Labute approximate surface area is 105 Å². The molecule has 0 aromatic heterocycles. The number of hydrogen-bond donors (Lipinski definition) is 0. The third kappa shape index (κ3) is 2.16. The molecule has 0 aromatic rings. The van der Waals surface area contributed by atoms with Crippen molar-refractivity contribution in [3.63, 3.8) is 0 Å². The highest BCUT2D eigenvalue weighted by molar-refractivity contribution is 5.71. The number of rotatable bonds is 0. The molecule has 2 aliphatic heterocycles. The van der Waals surface area contributed by atoms with E-state index in [1.54, 1.807) is 0 Å². The van der Waals surface area contributed by atoms with Crippen molar-refractivity contribution in [3.05, 3.63) is 0 Å². The van der Waals surface area contributed by atoms with Gasteiger partial charge < -0.3 is 4.74 Å². The molecule has 3 heteroatoms. The highest BCUT2D eigenvalue weighted by atomic mass is 16.6. The lowest BCUT2D eigenvalue weighted by Crippen LogP contribution is -2.58. The van der Waals surface area contributed by atoms with Crippen LogP contribution in [0.4, 0.5) is 4.79 Å². The van der Waals surface area contributed by atoms with Crippen LogP contribution in [0.5, 0.6) is 0 Å². The van der Waals surface area contributed by atoms with Crippen molar-refractivity contribution >= 4 is 6.09 Å². The summed E-state index contributed by atoms with van der Waals surface area (Å²) in [5, 5.41) is 0. The molecule has 0 spiro atoms. The Bertz CT molecular complexity index is 316. The Morgan fingerprint density at radius 2 is 1.53 bits per heavy atom. The normalized spacial score (nSPS) is 37.1. The van der Waals surface area contributed by atoms with Gasteiger partial charge in [-0.05, 0) is 66.7 Å². The molecule has 2 saturated heterocycles. The first-order valence-electron chi connectivity index (χ1n) is 6.70. The fourth-order valence-corrected chi connectivity index (χ4v) is 3.49. The first-order chi connectivity index (χ1) is 7.66. The van der Waals surface area contributed by atoms with Gasteiger partial charge in [0.25, 0.3) is 0 Å². The summed E-state index contributed by atoms with van der Waals surface area (Å²) in [5.74, 6) is 0. The van der Waals surface area contributed by atoms with Crippen LogP contribution >= 0.6 is 0 Å². The predicted molar refractivity (Wildman–Crippen MR) is 68.0 cm³/mol. The van der Waals surface area contributed by atoms with Gasteiger partial charge in [0, 0.05) is 11.1 Å². The molecule has 0 N–H and O–H groups in total. The minimum Gasteiger partial charge on any atom is -0.444 e. The van der Waals surface area contributed by atoms with Crippen molar-refractivity contribution in [2.75, 3.05) is 0 Å². The standard InChI is InChI=1S/C14H25NO2/c1-12(2,3)17-11(16)15-13(4)7-6-8-14(15,5)10-9-13/h6-10H2,1-5H3. The van der Waals surface area contributed by atoms with E-state index in [-0.39, 0.29) is 17.2 Å². The van der Waals surface area contributed by atoms with E-state index < -0.39 is 5.60 Å². The van der Waals surface area contributed by atoms with E-state index in [9.17, 15) is 4.79 Å². The zero-order chi connectivity index (χ0) is 12.9. The van der Waals surface area contributed by atoms with Crippen molar-refractivity contribution in [1.82, 2.24) is 4.90 Å². The van der Waals surface area contributed by atoms with Gasteiger partial charge in [0.2, 0.25) is 0 Å². The molecular weight excluding hydrogens is 214 g/mol. The van der Waals surface area contributed by atoms with Crippen molar-refractivity contribution in [1.29, 1.82) is 0 Å². The first-order valence-corrected chi connectivity index (χ1v) is 6.70. The van der Waals surface area contributed by atoms with Gasteiger partial charge in [-0.3, -0.25) is 4.90 Å². The molecule has 17 heavy (non-hydrogen) atoms. The topological polar surface area (TPSA) is 29.5 Å². The molecule has 2 aliphatic rings. The van der Waals surface area contributed by atoms with E-state index in [4.69, 9.17) is 4.74 Å². The van der Waals surface area contributed by atoms with Crippen LogP contribution in [0.3, 0.4) is 0 Å². The van der Waals surface area contributed by atoms with Crippen molar-refractivity contribution in [2.24, 2.45) is 0 Å². The van der Waals surface area contributed by atoms with Crippen LogP contribution in [0, 0.1) is 0 Å². The zero-order valence-electron chi connectivity index (χ0n) is 11.8. The van der Waals surface area contributed by atoms with E-state index in [1.807, 2.05) is 25.7 Å². The largest absolute Gasteiger partial charge is 0.444 e. The van der Waals surface area contributed by atoms with Crippen LogP contribution in [-0.4, -0.2) is 27.7 Å². The van der Waals surface area contributed by atoms with E-state index in [2.05, 4.69) is 13.8 Å². The van der Waals surface area contributed by atoms with Crippen molar-refractivity contribution < 1.29 is 9.53 Å². The number of carbonyl (C=O) groups is 1. The zero-order valence-corrected chi connectivity index (χ0v) is 11.8. The maximum atomic E-state index is 12.4. The highest BCUT2D eigenvalue weighted by Gasteiger charge is 2.55. The van der Waals surface area contributed by atoms with Crippen LogP contribution in [0.15, 0.2) is 0 Å². The monoisotopic (exact) mass is 239 g/mol. The summed E-state index contributed by atoms with van der Waals surface area (Å²) in [5.41, 5.74) is -0.356. The Hall–Kier alpha value is -0.730. The summed E-state index contributed by atoms with van der Waals surface area (Å²) in [7, 11) is 0. The highest BCUT2D eigenvalue weighted by Crippen LogP contribution is 2.50. The third-order valence-electron chi connectivity index (χ3n) is 4.29. The Morgan fingerprint density at radius 1 is 1.06 bits per heavy atom. The Morgan fingerprint density at radius 3 is 1.94 bits per heavy atom. The second-order valence-electron chi connectivity index (χ2n) is 7.16. The molecule has 2 atom stereocenters. The van der Waals surface area contributed by atoms with Gasteiger partial charge in [-0.15, -0.1) is 0 Å². The van der Waals surface area contributed by atoms with E-state index in [0.29, 0.717) is 0 Å². The van der Waals surface area contributed by atoms with Crippen molar-refractivity contribution in [2.45, 2.75) is 83.4 Å². The molecule has 0 aromatic carbocycles. The molecule has 0 aliphatic carbocycles. The molecule has 2 unspecified atom stereocenters. The lowest BCUT2D eigenvalue weighted by molar-refractivity contribution is -0.0317. The molecule has 0 radical (unpaired) electrons. The minimum atomic E-state index is -0.402. The van der Waals surface area contributed by atoms with E-state index in [1.165, 1.54) is 6.42 Å². The molecule has 0 saturated carbocycles. The smallest absolute Gasteiger partial charge is 0.411 e. The number of hydrogen-bond acceptors (Lipinski definition) is 2. The van der Waals surface area contributed by atoms with Crippen LogP contribution in [-0.2, 0) is 4.74 Å². The van der Waals surface area contributed by atoms with Gasteiger partial charge >= 0.3 is 6.09 Å². The molecule has 2 bridgehead atoms. The summed E-state index contributed by atoms with van der Waals surface area (Å²) < 4.78 is 5.58. The number of piperidine rings is 1. The van der Waals surface area contributed by atoms with Crippen LogP contribution in [0.25, 0.3) is 0 Å². The molecule has 98 valence electrons. The average Bonchev–Trinajstić information content (AvgIpc) is 2.26. The average molecular weight is 239 g/mol. The van der Waals surface area contributed by atoms with Crippen LogP contribution in [0.2, 0.25) is 0 Å². The van der Waals surface area contributed by atoms with E-state index in [0.717, 1.165) is 25.7 Å². The summed E-state index contributed by atoms with van der Waals surface area (Å²) in [6, 6.07) is 0. The third-order valence-corrected chi connectivity index (χ3v) is 4.29. The van der Waals surface area contributed by atoms with Gasteiger partial charge in [0.15, 0.2) is 0 Å². The second-order valence-corrected chi connectivity index (χ2v) is 7.16. The molecule has 3 nitrogen and oxygen atoms in total. The first kappa shape index (κ1) is 12.7. The molecule has 2 heterocycles. The SMILES string of the molecule is CC(C)(C)OC(=O)N1C2(C)CCCC1(C)CC2. The predicted octanol–water partition coefficient (Wildman–Crippen LogP) is 3.72. The van der Waals surface area contributed by atoms with E-state index >= 15 is 0 Å². The molecule has 2 fully saturated rings. The lowest BCUT2D eigenvalue weighted by atomic mass is 9.86. The number of ether oxygens (including phenoxy) is 1. The Balaban J connectivity index is 2.22. The molecule has 2 rings (SSSR count). The Kier molecular flexibility index (Phi) is 2.72. The number of fused-ring (bicyclic) bond motifs is 2. The summed E-state index contributed by atoms with van der Waals surface area (Å²) in [6.45, 7) is 10.2. The van der Waals surface area contributed by atoms with Gasteiger partial charge in [0.05, 0.1) is 0 Å². The number of amides is 1.